The van der Waals surface area contributed by atoms with Crippen LogP contribution in [-0.4, -0.2) is 62.8 Å². The highest BCUT2D eigenvalue weighted by Crippen LogP contribution is 2.30. The second kappa shape index (κ2) is 6.79. The van der Waals surface area contributed by atoms with Crippen LogP contribution in [0.5, 0.6) is 0 Å². The Hall–Kier alpha value is -1.70. The van der Waals surface area contributed by atoms with E-state index in [0.29, 0.717) is 6.04 Å². The van der Waals surface area contributed by atoms with Gasteiger partial charge in [-0.3, -0.25) is 4.90 Å². The zero-order valence-corrected chi connectivity index (χ0v) is 16.1. The number of hydrogen-bond donors (Lipinski definition) is 1. The van der Waals surface area contributed by atoms with Gasteiger partial charge in [-0.15, -0.1) is 11.3 Å². The number of nitrogens with zero attached hydrogens (tertiary/aromatic N) is 5. The van der Waals surface area contributed by atoms with Gasteiger partial charge in [0.2, 0.25) is 0 Å². The summed E-state index contributed by atoms with van der Waals surface area (Å²) in [5.74, 6) is 0.983. The molecule has 2 aliphatic heterocycles. The molecule has 6 nitrogen and oxygen atoms in total. The second-order valence-electron chi connectivity index (χ2n) is 7.75. The maximum absolute atomic E-state index is 4.91. The van der Waals surface area contributed by atoms with Gasteiger partial charge in [0.15, 0.2) is 11.5 Å². The highest BCUT2D eigenvalue weighted by atomic mass is 32.1. The first kappa shape index (κ1) is 16.5. The molecule has 0 spiro atoms. The molecule has 3 aromatic heterocycles. The first-order valence-corrected chi connectivity index (χ1v) is 10.6. The summed E-state index contributed by atoms with van der Waals surface area (Å²) in [6.07, 6.45) is 6.91. The van der Waals surface area contributed by atoms with Crippen LogP contribution in [0.2, 0.25) is 0 Å². The molecule has 2 saturated heterocycles. The van der Waals surface area contributed by atoms with Crippen molar-refractivity contribution in [3.8, 4) is 10.7 Å². The molecule has 5 rings (SSSR count). The molecule has 0 radical (unpaired) electrons. The van der Waals surface area contributed by atoms with Crippen LogP contribution in [0.25, 0.3) is 21.9 Å². The van der Waals surface area contributed by atoms with E-state index in [0.717, 1.165) is 49.5 Å². The molecule has 1 N–H and O–H groups in total. The molecule has 0 unspecified atom stereocenters. The summed E-state index contributed by atoms with van der Waals surface area (Å²) >= 11 is 1.79. The molecule has 0 aromatic carbocycles. The van der Waals surface area contributed by atoms with Gasteiger partial charge in [-0.05, 0) is 75.9 Å². The fourth-order valence-corrected chi connectivity index (χ4v) is 5.07. The molecule has 2 aliphatic rings. The number of H-pyrrole nitrogens is 1. The van der Waals surface area contributed by atoms with E-state index in [9.17, 15) is 0 Å². The zero-order valence-electron chi connectivity index (χ0n) is 15.3. The van der Waals surface area contributed by atoms with Gasteiger partial charge in [0.05, 0.1) is 17.1 Å². The van der Waals surface area contributed by atoms with Gasteiger partial charge in [-0.1, -0.05) is 0 Å². The Bertz CT molecular complexity index is 879. The number of fused-ring (bicyclic) bond motifs is 1. The van der Waals surface area contributed by atoms with E-state index in [-0.39, 0.29) is 0 Å². The van der Waals surface area contributed by atoms with E-state index in [4.69, 9.17) is 4.98 Å². The molecular weight excluding hydrogens is 344 g/mol. The van der Waals surface area contributed by atoms with Crippen LogP contribution >= 0.6 is 11.3 Å². The normalized spacial score (nSPS) is 20.5. The predicted octanol–water partition coefficient (Wildman–Crippen LogP) is 3.35. The van der Waals surface area contributed by atoms with Crippen molar-refractivity contribution >= 4 is 22.5 Å². The molecule has 0 bridgehead atoms. The van der Waals surface area contributed by atoms with Crippen molar-refractivity contribution in [3.63, 3.8) is 0 Å². The minimum atomic E-state index is 0.467. The zero-order chi connectivity index (χ0) is 17.5. The Morgan fingerprint density at radius 1 is 1.19 bits per heavy atom. The summed E-state index contributed by atoms with van der Waals surface area (Å²) < 4.78 is 2.14. The smallest absolute Gasteiger partial charge is 0.177 e. The molecule has 7 heteroatoms. The number of imidazole rings is 1. The molecule has 0 amide bonds. The Kier molecular flexibility index (Phi) is 4.30. The van der Waals surface area contributed by atoms with E-state index in [1.807, 2.05) is 6.20 Å². The van der Waals surface area contributed by atoms with Gasteiger partial charge in [0.25, 0.3) is 0 Å². The lowest BCUT2D eigenvalue weighted by atomic mass is 10.1. The molecule has 138 valence electrons. The number of aromatic amines is 1. The van der Waals surface area contributed by atoms with Crippen molar-refractivity contribution in [1.29, 1.82) is 0 Å². The van der Waals surface area contributed by atoms with Crippen molar-refractivity contribution in [2.45, 2.75) is 38.3 Å². The average molecular weight is 371 g/mol. The molecule has 5 heterocycles. The number of likely N-dealkylation sites (tertiary alicyclic amines) is 2. The van der Waals surface area contributed by atoms with Gasteiger partial charge in [-0.25, -0.2) is 9.67 Å². The van der Waals surface area contributed by atoms with E-state index < -0.39 is 0 Å². The molecular formula is C19H26N6S. The SMILES string of the molecule is CN1CCC(n2ncc3[nH]c(-c4cc(CN5CCCC5)cs4)nc32)CC1. The maximum atomic E-state index is 4.91. The van der Waals surface area contributed by atoms with Crippen LogP contribution in [0.1, 0.15) is 37.3 Å². The van der Waals surface area contributed by atoms with Crippen LogP contribution < -0.4 is 0 Å². The minimum absolute atomic E-state index is 0.467. The third-order valence-electron chi connectivity index (χ3n) is 5.77. The summed E-state index contributed by atoms with van der Waals surface area (Å²) in [6, 6.07) is 2.77. The second-order valence-corrected chi connectivity index (χ2v) is 8.66. The predicted molar refractivity (Wildman–Crippen MR) is 105 cm³/mol. The standard InChI is InChI=1S/C19H26N6S/c1-23-8-4-15(5-9-23)25-19-16(11-20-25)21-18(22-19)17-10-14(13-26-17)12-24-6-2-3-7-24/h10-11,13,15H,2-9,12H2,1H3,(H,21,22). The van der Waals surface area contributed by atoms with Crippen LogP contribution in [0.15, 0.2) is 17.6 Å². The fraction of sp³-hybridized carbons (Fsp3) is 0.579. The fourth-order valence-electron chi connectivity index (χ4n) is 4.22. The molecule has 3 aromatic rings. The van der Waals surface area contributed by atoms with E-state index in [1.54, 1.807) is 11.3 Å². The lowest BCUT2D eigenvalue weighted by molar-refractivity contribution is 0.215. The Morgan fingerprint density at radius 2 is 2.00 bits per heavy atom. The Morgan fingerprint density at radius 3 is 2.81 bits per heavy atom. The number of piperidine rings is 1. The van der Waals surface area contributed by atoms with Crippen molar-refractivity contribution in [2.75, 3.05) is 33.2 Å². The van der Waals surface area contributed by atoms with Gasteiger partial charge in [0.1, 0.15) is 5.52 Å². The summed E-state index contributed by atoms with van der Waals surface area (Å²) in [7, 11) is 2.19. The lowest BCUT2D eigenvalue weighted by Crippen LogP contribution is -2.31. The highest BCUT2D eigenvalue weighted by Gasteiger charge is 2.22. The van der Waals surface area contributed by atoms with Crippen molar-refractivity contribution in [2.24, 2.45) is 0 Å². The summed E-state index contributed by atoms with van der Waals surface area (Å²) in [5, 5.41) is 6.90. The Balaban J connectivity index is 1.37. The van der Waals surface area contributed by atoms with Crippen molar-refractivity contribution in [1.82, 2.24) is 29.5 Å². The third kappa shape index (κ3) is 3.08. The molecule has 0 saturated carbocycles. The topological polar surface area (TPSA) is 53.0 Å². The van der Waals surface area contributed by atoms with Crippen molar-refractivity contribution in [3.05, 3.63) is 23.2 Å². The van der Waals surface area contributed by atoms with Crippen LogP contribution in [0, 0.1) is 0 Å². The van der Waals surface area contributed by atoms with Crippen molar-refractivity contribution < 1.29 is 0 Å². The molecule has 0 atom stereocenters. The van der Waals surface area contributed by atoms with E-state index in [2.05, 4.69) is 43.1 Å². The first-order valence-electron chi connectivity index (χ1n) is 9.68. The molecule has 26 heavy (non-hydrogen) atoms. The number of aromatic nitrogens is 4. The minimum Gasteiger partial charge on any atom is -0.335 e. The Labute approximate surface area is 157 Å². The van der Waals surface area contributed by atoms with Gasteiger partial charge in [-0.2, -0.15) is 5.10 Å². The number of thiophene rings is 1. The summed E-state index contributed by atoms with van der Waals surface area (Å²) in [5.41, 5.74) is 3.46. The number of hydrogen-bond acceptors (Lipinski definition) is 5. The van der Waals surface area contributed by atoms with Crippen LogP contribution in [-0.2, 0) is 6.54 Å². The molecule has 0 aliphatic carbocycles. The quantitative estimate of drug-likeness (QED) is 0.765. The van der Waals surface area contributed by atoms with E-state index >= 15 is 0 Å². The summed E-state index contributed by atoms with van der Waals surface area (Å²) in [4.78, 5) is 14.6. The third-order valence-corrected chi connectivity index (χ3v) is 6.75. The number of rotatable bonds is 4. The lowest BCUT2D eigenvalue weighted by Gasteiger charge is -2.28. The van der Waals surface area contributed by atoms with E-state index in [1.165, 1.54) is 36.4 Å². The number of nitrogens with one attached hydrogen (secondary N) is 1. The van der Waals surface area contributed by atoms with Gasteiger partial charge < -0.3 is 9.88 Å². The largest absolute Gasteiger partial charge is 0.335 e. The van der Waals surface area contributed by atoms with Crippen LogP contribution in [0.3, 0.4) is 0 Å². The monoisotopic (exact) mass is 370 g/mol. The van der Waals surface area contributed by atoms with Gasteiger partial charge >= 0.3 is 0 Å². The van der Waals surface area contributed by atoms with Crippen LogP contribution in [0.4, 0.5) is 0 Å². The maximum Gasteiger partial charge on any atom is 0.177 e. The highest BCUT2D eigenvalue weighted by molar-refractivity contribution is 7.13. The molecule has 2 fully saturated rings. The first-order chi connectivity index (χ1) is 12.8. The summed E-state index contributed by atoms with van der Waals surface area (Å²) in [6.45, 7) is 5.81. The van der Waals surface area contributed by atoms with Gasteiger partial charge in [0, 0.05) is 6.54 Å². The average Bonchev–Trinajstić information content (AvgIpc) is 3.40.